The lowest BCUT2D eigenvalue weighted by molar-refractivity contribution is -0.126. The van der Waals surface area contributed by atoms with Gasteiger partial charge in [0.2, 0.25) is 5.91 Å². The van der Waals surface area contributed by atoms with Gasteiger partial charge >= 0.3 is 0 Å². The van der Waals surface area contributed by atoms with Crippen LogP contribution in [0.25, 0.3) is 0 Å². The van der Waals surface area contributed by atoms with Crippen molar-refractivity contribution in [2.45, 2.75) is 19.4 Å². The van der Waals surface area contributed by atoms with Gasteiger partial charge in [-0.2, -0.15) is 0 Å². The quantitative estimate of drug-likeness (QED) is 0.318. The second-order valence-corrected chi connectivity index (χ2v) is 5.89. The predicted molar refractivity (Wildman–Crippen MR) is 90.7 cm³/mol. The van der Waals surface area contributed by atoms with Crippen molar-refractivity contribution in [3.05, 3.63) is 23.8 Å². The first kappa shape index (κ1) is 18.5. The summed E-state index contributed by atoms with van der Waals surface area (Å²) in [5.74, 6) is 6.61. The maximum atomic E-state index is 11.6. The van der Waals surface area contributed by atoms with Crippen LogP contribution in [0.4, 0.5) is 0 Å². The van der Waals surface area contributed by atoms with E-state index in [-0.39, 0.29) is 11.8 Å². The number of piperidine rings is 1. The number of methoxy groups -OCH3 is 2. The molecule has 0 spiro atoms. The summed E-state index contributed by atoms with van der Waals surface area (Å²) in [5.41, 5.74) is 3.40. The van der Waals surface area contributed by atoms with Gasteiger partial charge in [-0.15, -0.1) is 0 Å². The monoisotopic (exact) mass is 337 g/mol. The Hall–Kier alpha value is -1.83. The molecular formula is C17H27N3O4. The van der Waals surface area contributed by atoms with Crippen molar-refractivity contribution < 1.29 is 19.0 Å². The Morgan fingerprint density at radius 2 is 2.00 bits per heavy atom. The zero-order valence-electron chi connectivity index (χ0n) is 14.4. The molecule has 3 N–H and O–H groups in total. The fourth-order valence-electron chi connectivity index (χ4n) is 2.89. The van der Waals surface area contributed by atoms with Crippen molar-refractivity contribution in [3.63, 3.8) is 0 Å². The van der Waals surface area contributed by atoms with Crippen LogP contribution in [0, 0.1) is 5.92 Å². The molecule has 2 rings (SSSR count). The zero-order valence-corrected chi connectivity index (χ0v) is 14.4. The molecule has 0 radical (unpaired) electrons. The molecule has 0 atom stereocenters. The number of carbonyl (C=O) groups excluding carboxylic acids is 1. The number of ether oxygens (including phenoxy) is 3. The highest BCUT2D eigenvalue weighted by molar-refractivity contribution is 5.78. The second-order valence-electron chi connectivity index (χ2n) is 5.89. The third-order valence-corrected chi connectivity index (χ3v) is 4.28. The number of nitrogens with zero attached hydrogens (tertiary/aromatic N) is 1. The predicted octanol–water partition coefficient (Wildman–Crippen LogP) is 0.922. The molecule has 7 heteroatoms. The van der Waals surface area contributed by atoms with Gasteiger partial charge in [-0.05, 0) is 43.6 Å². The van der Waals surface area contributed by atoms with Crippen molar-refractivity contribution >= 4 is 5.91 Å². The van der Waals surface area contributed by atoms with E-state index in [9.17, 15) is 4.79 Å². The molecule has 134 valence electrons. The Morgan fingerprint density at radius 3 is 2.62 bits per heavy atom. The van der Waals surface area contributed by atoms with Crippen LogP contribution in [0.5, 0.6) is 11.5 Å². The van der Waals surface area contributed by atoms with E-state index in [4.69, 9.17) is 20.1 Å². The summed E-state index contributed by atoms with van der Waals surface area (Å²) in [4.78, 5) is 13.9. The Balaban J connectivity index is 1.90. The lowest BCUT2D eigenvalue weighted by atomic mass is 9.96. The van der Waals surface area contributed by atoms with Crippen LogP contribution >= 0.6 is 0 Å². The SMILES string of the molecule is COCCOc1ccc(CN2CCC(C(=O)NN)CC2)cc1OC. The topological polar surface area (TPSA) is 86.1 Å². The normalized spacial score (nSPS) is 16.0. The molecular weight excluding hydrogens is 310 g/mol. The van der Waals surface area contributed by atoms with Crippen molar-refractivity contribution in [1.82, 2.24) is 10.3 Å². The number of rotatable bonds is 8. The van der Waals surface area contributed by atoms with E-state index in [0.29, 0.717) is 13.2 Å². The highest BCUT2D eigenvalue weighted by atomic mass is 16.5. The second kappa shape index (κ2) is 9.46. The van der Waals surface area contributed by atoms with Gasteiger partial charge in [-0.25, -0.2) is 5.84 Å². The molecule has 1 heterocycles. The lowest BCUT2D eigenvalue weighted by Crippen LogP contribution is -2.42. The number of hydrogen-bond acceptors (Lipinski definition) is 6. The van der Waals surface area contributed by atoms with Gasteiger partial charge in [0.1, 0.15) is 6.61 Å². The number of nitrogens with one attached hydrogen (secondary N) is 1. The zero-order chi connectivity index (χ0) is 17.4. The lowest BCUT2D eigenvalue weighted by Gasteiger charge is -2.31. The van der Waals surface area contributed by atoms with E-state index in [1.165, 1.54) is 0 Å². The number of likely N-dealkylation sites (tertiary alicyclic amines) is 1. The Morgan fingerprint density at radius 1 is 1.25 bits per heavy atom. The van der Waals surface area contributed by atoms with E-state index >= 15 is 0 Å². The third kappa shape index (κ3) is 5.09. The van der Waals surface area contributed by atoms with Crippen molar-refractivity contribution in [2.75, 3.05) is 40.5 Å². The van der Waals surface area contributed by atoms with Crippen LogP contribution in [0.1, 0.15) is 18.4 Å². The molecule has 0 bridgehead atoms. The van der Waals surface area contributed by atoms with E-state index in [0.717, 1.165) is 49.5 Å². The maximum Gasteiger partial charge on any atom is 0.237 e. The van der Waals surface area contributed by atoms with Gasteiger partial charge in [-0.1, -0.05) is 6.07 Å². The van der Waals surface area contributed by atoms with Crippen LogP contribution < -0.4 is 20.7 Å². The first-order valence-electron chi connectivity index (χ1n) is 8.19. The minimum atomic E-state index is -0.0612. The van der Waals surface area contributed by atoms with Crippen LogP contribution in [0.3, 0.4) is 0 Å². The molecule has 1 amide bonds. The van der Waals surface area contributed by atoms with Gasteiger partial charge in [-0.3, -0.25) is 15.1 Å². The summed E-state index contributed by atoms with van der Waals surface area (Å²) in [6, 6.07) is 5.97. The summed E-state index contributed by atoms with van der Waals surface area (Å²) >= 11 is 0. The average molecular weight is 337 g/mol. The van der Waals surface area contributed by atoms with Crippen molar-refractivity contribution in [3.8, 4) is 11.5 Å². The molecule has 1 aliphatic rings. The van der Waals surface area contributed by atoms with Gasteiger partial charge < -0.3 is 14.2 Å². The fourth-order valence-corrected chi connectivity index (χ4v) is 2.89. The Bertz CT molecular complexity index is 531. The highest BCUT2D eigenvalue weighted by Gasteiger charge is 2.24. The summed E-state index contributed by atoms with van der Waals surface area (Å²) in [6.07, 6.45) is 1.66. The summed E-state index contributed by atoms with van der Waals surface area (Å²) in [6.45, 7) is 3.61. The molecule has 1 fully saturated rings. The van der Waals surface area contributed by atoms with Gasteiger partial charge in [0, 0.05) is 19.6 Å². The number of carbonyl (C=O) groups is 1. The standard InChI is InChI=1S/C17H27N3O4/c1-22-9-10-24-15-4-3-13(11-16(15)23-2)12-20-7-5-14(6-8-20)17(21)19-18/h3-4,11,14H,5-10,12,18H2,1-2H3,(H,19,21). The van der Waals surface area contributed by atoms with Crippen LogP contribution in [0.2, 0.25) is 0 Å². The molecule has 7 nitrogen and oxygen atoms in total. The first-order chi connectivity index (χ1) is 11.7. The minimum Gasteiger partial charge on any atom is -0.493 e. The molecule has 0 aliphatic carbocycles. The van der Waals surface area contributed by atoms with Crippen molar-refractivity contribution in [2.24, 2.45) is 11.8 Å². The number of nitrogens with two attached hydrogens (primary N) is 1. The Kier molecular flexibility index (Phi) is 7.30. The number of benzene rings is 1. The molecule has 1 aromatic rings. The molecule has 1 aromatic carbocycles. The van der Waals surface area contributed by atoms with Gasteiger partial charge in [0.05, 0.1) is 13.7 Å². The molecule has 0 unspecified atom stereocenters. The van der Waals surface area contributed by atoms with E-state index in [1.54, 1.807) is 14.2 Å². The summed E-state index contributed by atoms with van der Waals surface area (Å²) in [7, 11) is 3.28. The highest BCUT2D eigenvalue weighted by Crippen LogP contribution is 2.29. The molecule has 24 heavy (non-hydrogen) atoms. The smallest absolute Gasteiger partial charge is 0.237 e. The number of hydrogen-bond donors (Lipinski definition) is 2. The molecule has 0 saturated carbocycles. The fraction of sp³-hybridized carbons (Fsp3) is 0.588. The first-order valence-corrected chi connectivity index (χ1v) is 8.19. The summed E-state index contributed by atoms with van der Waals surface area (Å²) in [5, 5.41) is 0. The summed E-state index contributed by atoms with van der Waals surface area (Å²) < 4.78 is 16.1. The molecule has 1 saturated heterocycles. The average Bonchev–Trinajstić information content (AvgIpc) is 2.62. The Labute approximate surface area is 143 Å². The molecule has 0 aromatic heterocycles. The molecule has 1 aliphatic heterocycles. The minimum absolute atomic E-state index is 0.0253. The largest absolute Gasteiger partial charge is 0.493 e. The van der Waals surface area contributed by atoms with E-state index < -0.39 is 0 Å². The van der Waals surface area contributed by atoms with E-state index in [1.807, 2.05) is 18.2 Å². The van der Waals surface area contributed by atoms with Crippen LogP contribution in [-0.2, 0) is 16.1 Å². The van der Waals surface area contributed by atoms with Crippen molar-refractivity contribution in [1.29, 1.82) is 0 Å². The number of amides is 1. The van der Waals surface area contributed by atoms with E-state index in [2.05, 4.69) is 10.3 Å². The van der Waals surface area contributed by atoms with Crippen LogP contribution in [-0.4, -0.2) is 51.3 Å². The maximum absolute atomic E-state index is 11.6. The third-order valence-electron chi connectivity index (χ3n) is 4.28. The van der Waals surface area contributed by atoms with Crippen LogP contribution in [0.15, 0.2) is 18.2 Å². The number of hydrazine groups is 1. The van der Waals surface area contributed by atoms with Gasteiger partial charge in [0.25, 0.3) is 0 Å². The van der Waals surface area contributed by atoms with Gasteiger partial charge in [0.15, 0.2) is 11.5 Å².